The highest BCUT2D eigenvalue weighted by molar-refractivity contribution is 6.04. The monoisotopic (exact) mass is 540 g/mol. The lowest BCUT2D eigenvalue weighted by atomic mass is 9.97. The number of benzene rings is 2. The third-order valence-electron chi connectivity index (χ3n) is 6.32. The fraction of sp³-hybridized carbons (Fsp3) is 0.500. The van der Waals surface area contributed by atoms with Gasteiger partial charge in [-0.05, 0) is 61.1 Å². The summed E-state index contributed by atoms with van der Waals surface area (Å²) in [6, 6.07) is 11.4. The van der Waals surface area contributed by atoms with Crippen LogP contribution in [0.1, 0.15) is 83.6 Å². The zero-order valence-corrected chi connectivity index (χ0v) is 23.8. The van der Waals surface area contributed by atoms with Gasteiger partial charge in [0.2, 0.25) is 5.91 Å². The Balaban J connectivity index is 2.20. The van der Waals surface area contributed by atoms with Gasteiger partial charge < -0.3 is 31.1 Å². The summed E-state index contributed by atoms with van der Waals surface area (Å²) in [5, 5.41) is 17.1. The molecule has 0 aliphatic carbocycles. The number of aliphatic hydroxyl groups excluding tert-OH is 1. The Labute approximate surface area is 232 Å². The molecule has 0 heterocycles. The second-order valence-corrected chi connectivity index (χ2v) is 10.2. The van der Waals surface area contributed by atoms with Crippen LogP contribution in [0, 0.1) is 5.92 Å². The normalized spacial score (nSPS) is 12.6. The SMILES string of the molecule is CCCN(CCC)C(=O)c1cc(C(N)=O)cc(C(=O)N[C@@H](CC(C)C)C(O)CNCc2cccc(OC)c2)c1. The molecule has 0 spiro atoms. The molecule has 5 N–H and O–H groups in total. The number of ether oxygens (including phenoxy) is 1. The second-order valence-electron chi connectivity index (χ2n) is 10.2. The number of primary amides is 1. The van der Waals surface area contributed by atoms with Gasteiger partial charge in [-0.1, -0.05) is 39.8 Å². The average molecular weight is 541 g/mol. The lowest BCUT2D eigenvalue weighted by Gasteiger charge is -2.26. The minimum absolute atomic E-state index is 0.0832. The number of aliphatic hydroxyl groups is 1. The number of nitrogens with zero attached hydrogens (tertiary/aromatic N) is 1. The predicted molar refractivity (Wildman–Crippen MR) is 153 cm³/mol. The first-order chi connectivity index (χ1) is 18.6. The Morgan fingerprint density at radius 3 is 2.23 bits per heavy atom. The van der Waals surface area contributed by atoms with Gasteiger partial charge in [-0.2, -0.15) is 0 Å². The topological polar surface area (TPSA) is 134 Å². The smallest absolute Gasteiger partial charge is 0.253 e. The van der Waals surface area contributed by atoms with E-state index < -0.39 is 24.0 Å². The molecule has 3 amide bonds. The summed E-state index contributed by atoms with van der Waals surface area (Å²) in [7, 11) is 1.61. The average Bonchev–Trinajstić information content (AvgIpc) is 2.91. The summed E-state index contributed by atoms with van der Waals surface area (Å²) < 4.78 is 5.26. The van der Waals surface area contributed by atoms with Crippen molar-refractivity contribution in [2.24, 2.45) is 11.7 Å². The molecule has 0 aliphatic heterocycles. The van der Waals surface area contributed by atoms with Crippen molar-refractivity contribution in [1.82, 2.24) is 15.5 Å². The molecule has 0 fully saturated rings. The Morgan fingerprint density at radius 2 is 1.64 bits per heavy atom. The first-order valence-electron chi connectivity index (χ1n) is 13.7. The van der Waals surface area contributed by atoms with Crippen molar-refractivity contribution in [3.8, 4) is 5.75 Å². The molecule has 0 aliphatic rings. The molecule has 9 heteroatoms. The molecule has 9 nitrogen and oxygen atoms in total. The van der Waals surface area contributed by atoms with Gasteiger partial charge in [-0.3, -0.25) is 14.4 Å². The summed E-state index contributed by atoms with van der Waals surface area (Å²) in [6.45, 7) is 9.91. The van der Waals surface area contributed by atoms with Crippen LogP contribution in [0.15, 0.2) is 42.5 Å². The molecule has 0 bridgehead atoms. The van der Waals surface area contributed by atoms with Crippen LogP contribution in [0.4, 0.5) is 0 Å². The number of rotatable bonds is 16. The van der Waals surface area contributed by atoms with Crippen molar-refractivity contribution in [2.45, 2.75) is 65.6 Å². The molecule has 39 heavy (non-hydrogen) atoms. The molecule has 214 valence electrons. The van der Waals surface area contributed by atoms with Crippen LogP contribution in [-0.2, 0) is 6.54 Å². The minimum Gasteiger partial charge on any atom is -0.497 e. The molecule has 0 saturated carbocycles. The number of methoxy groups -OCH3 is 1. The molecular formula is C30H44N4O5. The van der Waals surface area contributed by atoms with Crippen LogP contribution >= 0.6 is 0 Å². The lowest BCUT2D eigenvalue weighted by molar-refractivity contribution is 0.0755. The molecule has 2 rings (SSSR count). The van der Waals surface area contributed by atoms with E-state index in [0.29, 0.717) is 26.1 Å². The quantitative estimate of drug-likeness (QED) is 0.258. The third kappa shape index (κ3) is 10.00. The van der Waals surface area contributed by atoms with Crippen molar-refractivity contribution in [3.05, 3.63) is 64.7 Å². The van der Waals surface area contributed by atoms with Gasteiger partial charge >= 0.3 is 0 Å². The summed E-state index contributed by atoms with van der Waals surface area (Å²) in [4.78, 5) is 40.3. The first-order valence-corrected chi connectivity index (χ1v) is 13.7. The summed E-state index contributed by atoms with van der Waals surface area (Å²) >= 11 is 0. The van der Waals surface area contributed by atoms with Crippen LogP contribution in [0.5, 0.6) is 5.75 Å². The van der Waals surface area contributed by atoms with Crippen molar-refractivity contribution in [3.63, 3.8) is 0 Å². The fourth-order valence-corrected chi connectivity index (χ4v) is 4.42. The number of carbonyl (C=O) groups is 3. The van der Waals surface area contributed by atoms with Gasteiger partial charge in [0, 0.05) is 42.9 Å². The van der Waals surface area contributed by atoms with Crippen molar-refractivity contribution in [2.75, 3.05) is 26.7 Å². The van der Waals surface area contributed by atoms with Crippen LogP contribution < -0.4 is 21.1 Å². The number of hydrogen-bond donors (Lipinski definition) is 4. The number of hydrogen-bond acceptors (Lipinski definition) is 6. The van der Waals surface area contributed by atoms with E-state index in [1.165, 1.54) is 18.2 Å². The van der Waals surface area contributed by atoms with Gasteiger partial charge in [0.05, 0.1) is 19.3 Å². The van der Waals surface area contributed by atoms with E-state index in [4.69, 9.17) is 10.5 Å². The first kappa shape index (κ1) is 31.8. The molecule has 2 atom stereocenters. The van der Waals surface area contributed by atoms with Crippen LogP contribution in [0.2, 0.25) is 0 Å². The lowest BCUT2D eigenvalue weighted by Crippen LogP contribution is -2.48. The predicted octanol–water partition coefficient (Wildman–Crippen LogP) is 3.35. The highest BCUT2D eigenvalue weighted by Crippen LogP contribution is 2.16. The standard InChI is InChI=1S/C30H44N4O5/c1-6-11-34(12-7-2)30(38)24-16-22(28(31)36)15-23(17-24)29(37)33-26(13-20(3)4)27(35)19-32-18-21-9-8-10-25(14-21)39-5/h8-10,14-17,20,26-27,32,35H,6-7,11-13,18-19H2,1-5H3,(H2,31,36)(H,33,37)/t26-,27?/m0/s1. The van der Waals surface area contributed by atoms with E-state index in [-0.39, 0.29) is 35.1 Å². The van der Waals surface area contributed by atoms with Gasteiger partial charge in [-0.15, -0.1) is 0 Å². The largest absolute Gasteiger partial charge is 0.497 e. The third-order valence-corrected chi connectivity index (χ3v) is 6.32. The Hall–Kier alpha value is -3.43. The van der Waals surface area contributed by atoms with E-state index in [0.717, 1.165) is 24.2 Å². The van der Waals surface area contributed by atoms with Gasteiger partial charge in [0.25, 0.3) is 11.8 Å². The molecular weight excluding hydrogens is 496 g/mol. The maximum absolute atomic E-state index is 13.3. The zero-order chi connectivity index (χ0) is 28.9. The van der Waals surface area contributed by atoms with Gasteiger partial charge in [0.1, 0.15) is 5.75 Å². The number of amides is 3. The Kier molecular flexibility index (Phi) is 12.9. The van der Waals surface area contributed by atoms with Crippen molar-refractivity contribution < 1.29 is 24.2 Å². The van der Waals surface area contributed by atoms with Crippen LogP contribution in [0.25, 0.3) is 0 Å². The Bertz CT molecular complexity index is 1100. The van der Waals surface area contributed by atoms with E-state index in [2.05, 4.69) is 10.6 Å². The zero-order valence-electron chi connectivity index (χ0n) is 23.8. The second kappa shape index (κ2) is 15.9. The number of nitrogens with two attached hydrogens (primary N) is 1. The fourth-order valence-electron chi connectivity index (χ4n) is 4.42. The van der Waals surface area contributed by atoms with Crippen LogP contribution in [0.3, 0.4) is 0 Å². The summed E-state index contributed by atoms with van der Waals surface area (Å²) in [5.41, 5.74) is 7.00. The van der Waals surface area contributed by atoms with E-state index in [1.54, 1.807) is 12.0 Å². The molecule has 0 aromatic heterocycles. The number of nitrogens with one attached hydrogen (secondary N) is 2. The van der Waals surface area contributed by atoms with E-state index in [9.17, 15) is 19.5 Å². The van der Waals surface area contributed by atoms with Crippen molar-refractivity contribution >= 4 is 17.7 Å². The van der Waals surface area contributed by atoms with Gasteiger partial charge in [-0.25, -0.2) is 0 Å². The minimum atomic E-state index is -0.869. The molecule has 2 aromatic rings. The molecule has 1 unspecified atom stereocenters. The van der Waals surface area contributed by atoms with E-state index >= 15 is 0 Å². The van der Waals surface area contributed by atoms with Crippen molar-refractivity contribution in [1.29, 1.82) is 0 Å². The maximum atomic E-state index is 13.3. The highest BCUT2D eigenvalue weighted by Gasteiger charge is 2.25. The number of carbonyl (C=O) groups excluding carboxylic acids is 3. The van der Waals surface area contributed by atoms with Gasteiger partial charge in [0.15, 0.2) is 0 Å². The summed E-state index contributed by atoms with van der Waals surface area (Å²) in [5.74, 6) is -0.507. The molecule has 0 saturated heterocycles. The molecule has 0 radical (unpaired) electrons. The highest BCUT2D eigenvalue weighted by atomic mass is 16.5. The Morgan fingerprint density at radius 1 is 1.00 bits per heavy atom. The summed E-state index contributed by atoms with van der Waals surface area (Å²) in [6.07, 6.45) is 1.24. The molecule has 2 aromatic carbocycles. The maximum Gasteiger partial charge on any atom is 0.253 e. The van der Waals surface area contributed by atoms with E-state index in [1.807, 2.05) is 52.0 Å². The van der Waals surface area contributed by atoms with Crippen LogP contribution in [-0.4, -0.2) is 66.6 Å².